The van der Waals surface area contributed by atoms with Crippen LogP contribution in [0.5, 0.6) is 0 Å². The molecular weight excluding hydrogens is 482 g/mol. The maximum absolute atomic E-state index is 11.8. The first kappa shape index (κ1) is 23.2. The van der Waals surface area contributed by atoms with Gasteiger partial charge in [-0.25, -0.2) is 27.9 Å². The topological polar surface area (TPSA) is 135 Å². The molecule has 0 radical (unpaired) electrons. The van der Waals surface area contributed by atoms with Crippen molar-refractivity contribution in [2.75, 3.05) is 69.4 Å². The van der Waals surface area contributed by atoms with Crippen LogP contribution in [0.4, 0.5) is 11.8 Å². The van der Waals surface area contributed by atoms with Gasteiger partial charge in [0, 0.05) is 63.8 Å². The van der Waals surface area contributed by atoms with Crippen molar-refractivity contribution in [3.05, 3.63) is 29.3 Å². The van der Waals surface area contributed by atoms with Gasteiger partial charge in [0.15, 0.2) is 11.0 Å². The summed E-state index contributed by atoms with van der Waals surface area (Å²) in [6.45, 7) is 5.42. The first-order chi connectivity index (χ1) is 16.3. The number of fused-ring (bicyclic) bond motifs is 1. The molecule has 3 aromatic heterocycles. The van der Waals surface area contributed by atoms with Crippen LogP contribution in [-0.2, 0) is 21.3 Å². The Morgan fingerprint density at radius 3 is 2.41 bits per heavy atom. The van der Waals surface area contributed by atoms with E-state index < -0.39 is 10.0 Å². The molecule has 0 atom stereocenters. The maximum atomic E-state index is 11.8. The minimum absolute atomic E-state index is 0.173. The van der Waals surface area contributed by atoms with Crippen molar-refractivity contribution in [2.24, 2.45) is 0 Å². The zero-order valence-corrected chi connectivity index (χ0v) is 20.3. The van der Waals surface area contributed by atoms with Gasteiger partial charge in [-0.15, -0.1) is 0 Å². The molecule has 5 heterocycles. The number of rotatable bonds is 5. The maximum Gasteiger partial charge on any atom is 0.219 e. The van der Waals surface area contributed by atoms with Crippen LogP contribution in [0.15, 0.2) is 18.5 Å². The number of nitrogens with two attached hydrogens (primary N) is 1. The molecule has 5 rings (SSSR count). The fourth-order valence-electron chi connectivity index (χ4n) is 4.23. The highest BCUT2D eigenvalue weighted by Crippen LogP contribution is 2.32. The molecule has 34 heavy (non-hydrogen) atoms. The minimum atomic E-state index is -3.17. The van der Waals surface area contributed by atoms with Crippen LogP contribution >= 0.6 is 11.6 Å². The quantitative estimate of drug-likeness (QED) is 0.514. The minimum Gasteiger partial charge on any atom is -0.378 e. The fourth-order valence-corrected chi connectivity index (χ4v) is 5.33. The van der Waals surface area contributed by atoms with Crippen LogP contribution < -0.4 is 10.6 Å². The molecule has 0 aromatic carbocycles. The SMILES string of the molecule is CS(=O)(=O)N1CCN(Cc2cc3c(N4CCOCC4)nc(-c4cnc(N)nc4)c(Cl)n3n2)CC1. The van der Waals surface area contributed by atoms with Crippen molar-refractivity contribution in [3.8, 4) is 11.3 Å². The van der Waals surface area contributed by atoms with Crippen LogP contribution in [-0.4, -0.2) is 101 Å². The van der Waals surface area contributed by atoms with Crippen molar-refractivity contribution >= 4 is 38.9 Å². The Hall–Kier alpha value is -2.58. The fraction of sp³-hybridized carbons (Fsp3) is 0.500. The second-order valence-corrected chi connectivity index (χ2v) is 10.7. The molecule has 14 heteroatoms. The van der Waals surface area contributed by atoms with E-state index in [-0.39, 0.29) is 5.95 Å². The predicted octanol–water partition coefficient (Wildman–Crippen LogP) is 0.336. The van der Waals surface area contributed by atoms with E-state index in [1.54, 1.807) is 16.9 Å². The normalized spacial score (nSPS) is 18.6. The molecule has 0 unspecified atom stereocenters. The molecular formula is C20H26ClN9O3S. The molecule has 2 aliphatic heterocycles. The van der Waals surface area contributed by atoms with Gasteiger partial charge in [-0.3, -0.25) is 4.90 Å². The number of piperazine rings is 1. The number of hydrogen-bond donors (Lipinski definition) is 1. The molecule has 12 nitrogen and oxygen atoms in total. The number of aromatic nitrogens is 5. The molecule has 2 saturated heterocycles. The Morgan fingerprint density at radius 2 is 1.76 bits per heavy atom. The molecule has 2 aliphatic rings. The van der Waals surface area contributed by atoms with Crippen molar-refractivity contribution in [2.45, 2.75) is 6.54 Å². The van der Waals surface area contributed by atoms with Crippen LogP contribution in [0.25, 0.3) is 16.8 Å². The van der Waals surface area contributed by atoms with E-state index in [1.165, 1.54) is 10.6 Å². The summed E-state index contributed by atoms with van der Waals surface area (Å²) < 4.78 is 32.3. The highest BCUT2D eigenvalue weighted by Gasteiger charge is 2.26. The number of halogens is 1. The number of nitrogens with zero attached hydrogens (tertiary/aromatic N) is 8. The van der Waals surface area contributed by atoms with Gasteiger partial charge in [0.1, 0.15) is 11.2 Å². The van der Waals surface area contributed by atoms with Crippen LogP contribution in [0.2, 0.25) is 5.15 Å². The van der Waals surface area contributed by atoms with Crippen LogP contribution in [0, 0.1) is 0 Å². The van der Waals surface area contributed by atoms with E-state index in [4.69, 9.17) is 32.2 Å². The predicted molar refractivity (Wildman–Crippen MR) is 128 cm³/mol. The van der Waals surface area contributed by atoms with E-state index in [0.29, 0.717) is 75.4 Å². The summed E-state index contributed by atoms with van der Waals surface area (Å²) in [5, 5.41) is 5.14. The number of anilines is 2. The van der Waals surface area contributed by atoms with Gasteiger partial charge >= 0.3 is 0 Å². The van der Waals surface area contributed by atoms with Crippen LogP contribution in [0.1, 0.15) is 5.69 Å². The zero-order valence-electron chi connectivity index (χ0n) is 18.8. The Morgan fingerprint density at radius 1 is 1.09 bits per heavy atom. The lowest BCUT2D eigenvalue weighted by atomic mass is 10.2. The van der Waals surface area contributed by atoms with Gasteiger partial charge in [-0.2, -0.15) is 9.40 Å². The molecule has 182 valence electrons. The molecule has 0 saturated carbocycles. The van der Waals surface area contributed by atoms with Gasteiger partial charge in [-0.05, 0) is 6.07 Å². The van der Waals surface area contributed by atoms with E-state index in [9.17, 15) is 8.42 Å². The molecule has 3 aromatic rings. The molecule has 2 fully saturated rings. The third-order valence-electron chi connectivity index (χ3n) is 6.03. The number of morpholine rings is 1. The van der Waals surface area contributed by atoms with Crippen molar-refractivity contribution in [1.29, 1.82) is 0 Å². The Bertz CT molecular complexity index is 1280. The molecule has 0 bridgehead atoms. The molecule has 0 spiro atoms. The Labute approximate surface area is 202 Å². The summed E-state index contributed by atoms with van der Waals surface area (Å²) in [6.07, 6.45) is 4.44. The van der Waals surface area contributed by atoms with E-state index in [0.717, 1.165) is 17.0 Å². The summed E-state index contributed by atoms with van der Waals surface area (Å²) in [5.41, 5.74) is 8.44. The summed E-state index contributed by atoms with van der Waals surface area (Å²) in [6, 6.07) is 2.00. The second-order valence-electron chi connectivity index (χ2n) is 8.38. The van der Waals surface area contributed by atoms with Gasteiger partial charge in [0.2, 0.25) is 16.0 Å². The van der Waals surface area contributed by atoms with E-state index >= 15 is 0 Å². The average molecular weight is 508 g/mol. The van der Waals surface area contributed by atoms with Gasteiger partial charge < -0.3 is 15.4 Å². The van der Waals surface area contributed by atoms with Crippen molar-refractivity contribution in [3.63, 3.8) is 0 Å². The lowest BCUT2D eigenvalue weighted by molar-refractivity contribution is 0.122. The number of sulfonamides is 1. The largest absolute Gasteiger partial charge is 0.378 e. The van der Waals surface area contributed by atoms with Crippen molar-refractivity contribution < 1.29 is 13.2 Å². The standard InChI is InChI=1S/C20H26ClN9O3S/c1-34(31,32)29-4-2-27(3-5-29)13-15-10-16-19(28-6-8-33-9-7-28)25-17(18(21)30(16)26-15)14-11-23-20(22)24-12-14/h10-12H,2-9,13H2,1H3,(H2,22,23,24). The third kappa shape index (κ3) is 4.66. The van der Waals surface area contributed by atoms with Gasteiger partial charge in [-0.1, -0.05) is 11.6 Å². The summed E-state index contributed by atoms with van der Waals surface area (Å²) in [4.78, 5) is 17.4. The summed E-state index contributed by atoms with van der Waals surface area (Å²) >= 11 is 6.77. The Kier molecular flexibility index (Phi) is 6.29. The van der Waals surface area contributed by atoms with Gasteiger partial charge in [0.25, 0.3) is 0 Å². The number of nitrogen functional groups attached to an aromatic ring is 1. The second kappa shape index (κ2) is 9.23. The molecule has 0 aliphatic carbocycles. The first-order valence-corrected chi connectivity index (χ1v) is 13.2. The average Bonchev–Trinajstić information content (AvgIpc) is 3.25. The molecule has 0 amide bonds. The highest BCUT2D eigenvalue weighted by molar-refractivity contribution is 7.88. The Balaban J connectivity index is 1.49. The van der Waals surface area contributed by atoms with E-state index in [1.807, 2.05) is 6.07 Å². The number of ether oxygens (including phenoxy) is 1. The lowest BCUT2D eigenvalue weighted by Gasteiger charge is -2.32. The smallest absolute Gasteiger partial charge is 0.219 e. The summed E-state index contributed by atoms with van der Waals surface area (Å²) in [5.74, 6) is 0.937. The third-order valence-corrected chi connectivity index (χ3v) is 7.67. The first-order valence-electron chi connectivity index (χ1n) is 11.0. The zero-order chi connectivity index (χ0) is 23.9. The van der Waals surface area contributed by atoms with Crippen LogP contribution in [0.3, 0.4) is 0 Å². The lowest BCUT2D eigenvalue weighted by Crippen LogP contribution is -2.47. The molecule has 2 N–H and O–H groups in total. The summed E-state index contributed by atoms with van der Waals surface area (Å²) in [7, 11) is -3.17. The van der Waals surface area contributed by atoms with E-state index in [2.05, 4.69) is 19.8 Å². The highest BCUT2D eigenvalue weighted by atomic mass is 35.5. The number of hydrogen-bond acceptors (Lipinski definition) is 10. The monoisotopic (exact) mass is 507 g/mol. The van der Waals surface area contributed by atoms with Gasteiger partial charge in [0.05, 0.1) is 25.2 Å². The van der Waals surface area contributed by atoms with Crippen molar-refractivity contribution in [1.82, 2.24) is 33.8 Å².